The molecule has 0 bridgehead atoms. The Morgan fingerprint density at radius 3 is 2.36 bits per heavy atom. The van der Waals surface area contributed by atoms with Gasteiger partial charge in [-0.15, -0.1) is 0 Å². The van der Waals surface area contributed by atoms with Gasteiger partial charge in [0, 0.05) is 11.6 Å². The van der Waals surface area contributed by atoms with E-state index in [0.717, 1.165) is 5.56 Å². The van der Waals surface area contributed by atoms with Gasteiger partial charge in [-0.3, -0.25) is 15.2 Å². The molecule has 0 radical (unpaired) electrons. The van der Waals surface area contributed by atoms with Crippen LogP contribution in [-0.4, -0.2) is 41.4 Å². The van der Waals surface area contributed by atoms with E-state index < -0.39 is 11.0 Å². The third kappa shape index (κ3) is 3.58. The first-order valence-electron chi connectivity index (χ1n) is 8.21. The van der Waals surface area contributed by atoms with Crippen LogP contribution in [-0.2, 0) is 0 Å². The first-order chi connectivity index (χ1) is 13.5. The lowest BCUT2D eigenvalue weighted by Gasteiger charge is -2.13. The minimum Gasteiger partial charge on any atom is -0.493 e. The normalized spacial score (nSPS) is 11.7. The molecule has 0 fully saturated rings. The molecule has 0 unspecified atom stereocenters. The lowest BCUT2D eigenvalue weighted by atomic mass is 10.1. The van der Waals surface area contributed by atoms with Gasteiger partial charge in [-0.05, 0) is 29.8 Å². The number of aromatic amines is 1. The summed E-state index contributed by atoms with van der Waals surface area (Å²) in [4.78, 5) is 15.1. The summed E-state index contributed by atoms with van der Waals surface area (Å²) in [5.41, 5.74) is 7.32. The Balaban J connectivity index is 1.92. The van der Waals surface area contributed by atoms with Crippen LogP contribution in [0.2, 0.25) is 0 Å². The van der Waals surface area contributed by atoms with Gasteiger partial charge in [-0.1, -0.05) is 6.07 Å². The molecule has 0 aliphatic carbocycles. The van der Waals surface area contributed by atoms with Crippen LogP contribution in [0.4, 0.5) is 5.69 Å². The van der Waals surface area contributed by atoms with Crippen LogP contribution in [0, 0.1) is 10.1 Å². The Morgan fingerprint density at radius 1 is 1.04 bits per heavy atom. The summed E-state index contributed by atoms with van der Waals surface area (Å²) < 4.78 is 15.5. The van der Waals surface area contributed by atoms with E-state index in [1.54, 1.807) is 31.4 Å². The van der Waals surface area contributed by atoms with E-state index in [4.69, 9.17) is 19.9 Å². The molecule has 1 atom stereocenters. The topological polar surface area (TPSA) is 138 Å². The van der Waals surface area contributed by atoms with Crippen molar-refractivity contribution in [1.82, 2.24) is 15.2 Å². The van der Waals surface area contributed by atoms with Crippen molar-refractivity contribution in [1.29, 1.82) is 0 Å². The van der Waals surface area contributed by atoms with E-state index in [9.17, 15) is 10.1 Å². The maximum Gasteiger partial charge on any atom is 0.311 e. The fourth-order valence-electron chi connectivity index (χ4n) is 2.72. The molecule has 0 aliphatic heterocycles. The van der Waals surface area contributed by atoms with Crippen LogP contribution in [0.3, 0.4) is 0 Å². The van der Waals surface area contributed by atoms with Gasteiger partial charge in [0.2, 0.25) is 0 Å². The fraction of sp³-hybridized carbons (Fsp3) is 0.222. The van der Waals surface area contributed by atoms with Crippen LogP contribution >= 0.6 is 0 Å². The standard InChI is InChI=1S/C18H19N5O5/c1-26-13-6-5-11(8-12(13)23(24)25)17-20-18(22-21-17)16(19)10-4-7-14(27-2)15(9-10)28-3/h4-9,16H,19H2,1-3H3,(H,20,21,22)/t16-/m1/s1. The first kappa shape index (κ1) is 19.1. The second-order valence-electron chi connectivity index (χ2n) is 5.78. The zero-order valence-electron chi connectivity index (χ0n) is 15.5. The average molecular weight is 385 g/mol. The van der Waals surface area contributed by atoms with Crippen LogP contribution < -0.4 is 19.9 Å². The molecular weight excluding hydrogens is 366 g/mol. The third-order valence-corrected chi connectivity index (χ3v) is 4.20. The predicted molar refractivity (Wildman–Crippen MR) is 101 cm³/mol. The van der Waals surface area contributed by atoms with Crippen molar-refractivity contribution in [2.24, 2.45) is 5.73 Å². The SMILES string of the molecule is COc1ccc([C@@H](N)c2nc(-c3ccc(OC)c([N+](=O)[O-])c3)n[nH]2)cc1OC. The second kappa shape index (κ2) is 7.92. The molecule has 3 aromatic rings. The highest BCUT2D eigenvalue weighted by molar-refractivity contribution is 5.63. The third-order valence-electron chi connectivity index (χ3n) is 4.20. The molecule has 1 aromatic heterocycles. The minimum atomic E-state index is -0.603. The highest BCUT2D eigenvalue weighted by atomic mass is 16.6. The van der Waals surface area contributed by atoms with E-state index in [1.165, 1.54) is 26.4 Å². The molecule has 28 heavy (non-hydrogen) atoms. The van der Waals surface area contributed by atoms with Gasteiger partial charge in [-0.25, -0.2) is 4.98 Å². The molecule has 146 valence electrons. The summed E-state index contributed by atoms with van der Waals surface area (Å²) in [5, 5.41) is 18.1. The predicted octanol–water partition coefficient (Wildman–Crippen LogP) is 2.45. The Kier molecular flexibility index (Phi) is 5.41. The zero-order chi connectivity index (χ0) is 20.3. The molecule has 2 aromatic carbocycles. The number of ether oxygens (including phenoxy) is 3. The number of nitrogens with zero attached hydrogens (tertiary/aromatic N) is 3. The van der Waals surface area contributed by atoms with Gasteiger partial charge >= 0.3 is 5.69 Å². The number of nitrogens with one attached hydrogen (secondary N) is 1. The number of benzene rings is 2. The first-order valence-corrected chi connectivity index (χ1v) is 8.21. The van der Waals surface area contributed by atoms with Gasteiger partial charge in [0.05, 0.1) is 32.3 Å². The summed E-state index contributed by atoms with van der Waals surface area (Å²) in [5.74, 6) is 1.98. The lowest BCUT2D eigenvalue weighted by molar-refractivity contribution is -0.385. The van der Waals surface area contributed by atoms with Crippen molar-refractivity contribution in [2.45, 2.75) is 6.04 Å². The van der Waals surface area contributed by atoms with Gasteiger partial charge in [0.15, 0.2) is 23.1 Å². The highest BCUT2D eigenvalue weighted by Crippen LogP contribution is 2.33. The average Bonchev–Trinajstić information content (AvgIpc) is 3.22. The maximum atomic E-state index is 11.2. The minimum absolute atomic E-state index is 0.159. The number of nitrogens with two attached hydrogens (primary N) is 1. The van der Waals surface area contributed by atoms with Gasteiger partial charge in [0.25, 0.3) is 0 Å². The Bertz CT molecular complexity index is 1000. The molecule has 0 saturated carbocycles. The quantitative estimate of drug-likeness (QED) is 0.467. The van der Waals surface area contributed by atoms with Gasteiger partial charge < -0.3 is 19.9 Å². The Hall–Kier alpha value is -3.66. The van der Waals surface area contributed by atoms with Crippen molar-refractivity contribution in [3.63, 3.8) is 0 Å². The van der Waals surface area contributed by atoms with Crippen LogP contribution in [0.15, 0.2) is 36.4 Å². The summed E-state index contributed by atoms with van der Waals surface area (Å²) in [7, 11) is 4.46. The van der Waals surface area contributed by atoms with Crippen molar-refractivity contribution < 1.29 is 19.1 Å². The molecule has 1 heterocycles. The molecule has 0 aliphatic rings. The molecular formula is C18H19N5O5. The summed E-state index contributed by atoms with van der Waals surface area (Å²) in [6, 6.07) is 9.19. The van der Waals surface area contributed by atoms with E-state index in [1.807, 2.05) is 0 Å². The molecule has 0 spiro atoms. The fourth-order valence-corrected chi connectivity index (χ4v) is 2.72. The number of H-pyrrole nitrogens is 1. The lowest BCUT2D eigenvalue weighted by Crippen LogP contribution is -2.14. The van der Waals surface area contributed by atoms with E-state index in [2.05, 4.69) is 15.2 Å². The van der Waals surface area contributed by atoms with E-state index in [-0.39, 0.29) is 17.3 Å². The number of hydrogen-bond acceptors (Lipinski definition) is 8. The van der Waals surface area contributed by atoms with Crippen LogP contribution in [0.5, 0.6) is 17.2 Å². The summed E-state index contributed by atoms with van der Waals surface area (Å²) in [6.07, 6.45) is 0. The molecule has 10 nitrogen and oxygen atoms in total. The largest absolute Gasteiger partial charge is 0.493 e. The molecule has 3 N–H and O–H groups in total. The van der Waals surface area contributed by atoms with E-state index >= 15 is 0 Å². The molecule has 0 saturated heterocycles. The van der Waals surface area contributed by atoms with Gasteiger partial charge in [0.1, 0.15) is 5.82 Å². The number of hydrogen-bond donors (Lipinski definition) is 2. The molecule has 3 rings (SSSR count). The zero-order valence-corrected chi connectivity index (χ0v) is 15.5. The monoisotopic (exact) mass is 385 g/mol. The van der Waals surface area contributed by atoms with Crippen LogP contribution in [0.25, 0.3) is 11.4 Å². The number of rotatable bonds is 7. The van der Waals surface area contributed by atoms with Crippen molar-refractivity contribution >= 4 is 5.69 Å². The smallest absolute Gasteiger partial charge is 0.311 e. The Morgan fingerprint density at radius 2 is 1.71 bits per heavy atom. The highest BCUT2D eigenvalue weighted by Gasteiger charge is 2.20. The second-order valence-corrected chi connectivity index (χ2v) is 5.78. The van der Waals surface area contributed by atoms with Crippen molar-refractivity contribution in [3.05, 3.63) is 57.9 Å². The Labute approximate surface area is 160 Å². The number of nitro groups is 1. The molecule has 10 heteroatoms. The van der Waals surface area contributed by atoms with Gasteiger partial charge in [-0.2, -0.15) is 5.10 Å². The van der Waals surface area contributed by atoms with Crippen LogP contribution in [0.1, 0.15) is 17.4 Å². The number of aromatic nitrogens is 3. The summed E-state index contributed by atoms with van der Waals surface area (Å²) >= 11 is 0. The van der Waals surface area contributed by atoms with E-state index in [0.29, 0.717) is 22.9 Å². The summed E-state index contributed by atoms with van der Waals surface area (Å²) in [6.45, 7) is 0. The van der Waals surface area contributed by atoms with Crippen molar-refractivity contribution in [2.75, 3.05) is 21.3 Å². The molecule has 0 amide bonds. The maximum absolute atomic E-state index is 11.2. The van der Waals surface area contributed by atoms with Crippen molar-refractivity contribution in [3.8, 4) is 28.6 Å². The number of methoxy groups -OCH3 is 3. The number of nitro benzene ring substituents is 1.